The standard InChI is InChI=1S/C11H14N2OS/c1-8(14)9-4-2-3-5-10(9)13-6-7-15-11(13)12/h2-5,8,12,14H,6-7H2,1H3. The van der Waals surface area contributed by atoms with Crippen LogP contribution in [0.3, 0.4) is 0 Å². The highest BCUT2D eigenvalue weighted by molar-refractivity contribution is 8.14. The van der Waals surface area contributed by atoms with Crippen LogP contribution in [0.2, 0.25) is 0 Å². The largest absolute Gasteiger partial charge is 0.389 e. The van der Waals surface area contributed by atoms with E-state index < -0.39 is 6.10 Å². The second kappa shape index (κ2) is 4.24. The van der Waals surface area contributed by atoms with Crippen molar-refractivity contribution >= 4 is 22.6 Å². The monoisotopic (exact) mass is 222 g/mol. The molecule has 3 nitrogen and oxygen atoms in total. The molecule has 1 unspecified atom stereocenters. The van der Waals surface area contributed by atoms with Crippen LogP contribution in [0.4, 0.5) is 5.69 Å². The molecule has 1 atom stereocenters. The molecule has 4 heteroatoms. The van der Waals surface area contributed by atoms with Gasteiger partial charge >= 0.3 is 0 Å². The Bertz CT molecular complexity index is 379. The lowest BCUT2D eigenvalue weighted by molar-refractivity contribution is 0.200. The summed E-state index contributed by atoms with van der Waals surface area (Å²) >= 11 is 1.55. The summed E-state index contributed by atoms with van der Waals surface area (Å²) in [6.45, 7) is 2.61. The fraction of sp³-hybridized carbons (Fsp3) is 0.364. The summed E-state index contributed by atoms with van der Waals surface area (Å²) in [4.78, 5) is 1.95. The molecule has 15 heavy (non-hydrogen) atoms. The lowest BCUT2D eigenvalue weighted by atomic mass is 10.1. The van der Waals surface area contributed by atoms with Gasteiger partial charge in [0.05, 0.1) is 6.10 Å². The van der Waals surface area contributed by atoms with Crippen LogP contribution >= 0.6 is 11.8 Å². The first-order valence-corrected chi connectivity index (χ1v) is 5.94. The van der Waals surface area contributed by atoms with Gasteiger partial charge in [-0.1, -0.05) is 30.0 Å². The van der Waals surface area contributed by atoms with E-state index in [1.54, 1.807) is 18.7 Å². The van der Waals surface area contributed by atoms with Crippen molar-refractivity contribution in [3.63, 3.8) is 0 Å². The molecule has 1 aromatic carbocycles. The van der Waals surface area contributed by atoms with Gasteiger partial charge in [0.1, 0.15) is 0 Å². The van der Waals surface area contributed by atoms with Gasteiger partial charge in [-0.3, -0.25) is 5.41 Å². The minimum atomic E-state index is -0.486. The molecule has 0 amide bonds. The molecule has 1 aromatic rings. The van der Waals surface area contributed by atoms with Gasteiger partial charge < -0.3 is 10.0 Å². The van der Waals surface area contributed by atoms with Crippen LogP contribution in [-0.4, -0.2) is 22.6 Å². The molecule has 0 aliphatic carbocycles. The average molecular weight is 222 g/mol. The second-order valence-corrected chi connectivity index (χ2v) is 4.62. The van der Waals surface area contributed by atoms with E-state index in [1.807, 2.05) is 29.2 Å². The van der Waals surface area contributed by atoms with Gasteiger partial charge in [0.25, 0.3) is 0 Å². The van der Waals surface area contributed by atoms with E-state index >= 15 is 0 Å². The highest BCUT2D eigenvalue weighted by Gasteiger charge is 2.22. The number of amidine groups is 1. The topological polar surface area (TPSA) is 47.3 Å². The first-order valence-electron chi connectivity index (χ1n) is 4.96. The van der Waals surface area contributed by atoms with E-state index in [9.17, 15) is 5.11 Å². The van der Waals surface area contributed by atoms with Gasteiger partial charge in [0.15, 0.2) is 5.17 Å². The Morgan fingerprint density at radius 2 is 2.20 bits per heavy atom. The van der Waals surface area contributed by atoms with E-state index in [0.29, 0.717) is 5.17 Å². The molecule has 1 fully saturated rings. The van der Waals surface area contributed by atoms with Crippen LogP contribution in [-0.2, 0) is 0 Å². The molecule has 2 N–H and O–H groups in total. The zero-order chi connectivity index (χ0) is 10.8. The molecule has 1 heterocycles. The van der Waals surface area contributed by atoms with Crippen molar-refractivity contribution in [1.82, 2.24) is 0 Å². The first kappa shape index (κ1) is 10.5. The minimum absolute atomic E-state index is 0.486. The summed E-state index contributed by atoms with van der Waals surface area (Å²) in [5, 5.41) is 18.0. The highest BCUT2D eigenvalue weighted by atomic mass is 32.2. The van der Waals surface area contributed by atoms with Gasteiger partial charge in [-0.05, 0) is 13.0 Å². The molecule has 80 valence electrons. The zero-order valence-electron chi connectivity index (χ0n) is 8.60. The van der Waals surface area contributed by atoms with Gasteiger partial charge in [0.2, 0.25) is 0 Å². The predicted octanol–water partition coefficient (Wildman–Crippen LogP) is 2.23. The van der Waals surface area contributed by atoms with Crippen LogP contribution in [0.5, 0.6) is 0 Å². The third-order valence-corrected chi connectivity index (χ3v) is 3.36. The number of thioether (sulfide) groups is 1. The van der Waals surface area contributed by atoms with Crippen LogP contribution in [0.25, 0.3) is 0 Å². The lowest BCUT2D eigenvalue weighted by Crippen LogP contribution is -2.24. The van der Waals surface area contributed by atoms with E-state index in [4.69, 9.17) is 5.41 Å². The van der Waals surface area contributed by atoms with E-state index in [-0.39, 0.29) is 0 Å². The molecule has 1 aliphatic rings. The Balaban J connectivity index is 2.38. The Kier molecular flexibility index (Phi) is 2.98. The quantitative estimate of drug-likeness (QED) is 0.806. The highest BCUT2D eigenvalue weighted by Crippen LogP contribution is 2.30. The molecule has 2 rings (SSSR count). The number of aliphatic hydroxyl groups excluding tert-OH is 1. The van der Waals surface area contributed by atoms with Crippen molar-refractivity contribution in [2.24, 2.45) is 0 Å². The molecule has 0 spiro atoms. The summed E-state index contributed by atoms with van der Waals surface area (Å²) in [7, 11) is 0. The van der Waals surface area contributed by atoms with Gasteiger partial charge in [-0.25, -0.2) is 0 Å². The Hall–Kier alpha value is -1.00. The van der Waals surface area contributed by atoms with Crippen LogP contribution in [0.1, 0.15) is 18.6 Å². The number of aliphatic hydroxyl groups is 1. The number of para-hydroxylation sites is 1. The van der Waals surface area contributed by atoms with Crippen molar-refractivity contribution in [3.8, 4) is 0 Å². The normalized spacial score (nSPS) is 18.3. The fourth-order valence-electron chi connectivity index (χ4n) is 1.73. The Morgan fingerprint density at radius 1 is 1.47 bits per heavy atom. The molecule has 0 radical (unpaired) electrons. The SMILES string of the molecule is CC(O)c1ccccc1N1CCSC1=N. The average Bonchev–Trinajstić information content (AvgIpc) is 2.64. The Labute approximate surface area is 93.6 Å². The fourth-order valence-corrected chi connectivity index (χ4v) is 2.54. The third-order valence-electron chi connectivity index (χ3n) is 2.48. The summed E-state index contributed by atoms with van der Waals surface area (Å²) in [5.41, 5.74) is 1.85. The Morgan fingerprint density at radius 3 is 2.80 bits per heavy atom. The summed E-state index contributed by atoms with van der Waals surface area (Å²) in [5.74, 6) is 0.951. The molecular formula is C11H14N2OS. The lowest BCUT2D eigenvalue weighted by Gasteiger charge is -2.21. The molecule has 0 saturated carbocycles. The van der Waals surface area contributed by atoms with Gasteiger partial charge in [-0.2, -0.15) is 0 Å². The van der Waals surface area contributed by atoms with E-state index in [0.717, 1.165) is 23.5 Å². The van der Waals surface area contributed by atoms with Gasteiger partial charge in [0, 0.05) is 23.5 Å². The van der Waals surface area contributed by atoms with Crippen molar-refractivity contribution in [2.45, 2.75) is 13.0 Å². The number of rotatable bonds is 2. The maximum atomic E-state index is 9.65. The van der Waals surface area contributed by atoms with Crippen LogP contribution in [0, 0.1) is 5.41 Å². The number of hydrogen-bond donors (Lipinski definition) is 2. The maximum absolute atomic E-state index is 9.65. The molecule has 0 aromatic heterocycles. The predicted molar refractivity (Wildman–Crippen MR) is 64.6 cm³/mol. The number of hydrogen-bond acceptors (Lipinski definition) is 3. The van der Waals surface area contributed by atoms with Crippen molar-refractivity contribution < 1.29 is 5.11 Å². The molecule has 1 aliphatic heterocycles. The van der Waals surface area contributed by atoms with Crippen LogP contribution in [0.15, 0.2) is 24.3 Å². The second-order valence-electron chi connectivity index (χ2n) is 3.54. The molecular weight excluding hydrogens is 208 g/mol. The van der Waals surface area contributed by atoms with Gasteiger partial charge in [-0.15, -0.1) is 0 Å². The zero-order valence-corrected chi connectivity index (χ0v) is 9.42. The third kappa shape index (κ3) is 2.01. The van der Waals surface area contributed by atoms with E-state index in [2.05, 4.69) is 0 Å². The number of anilines is 1. The summed E-state index contributed by atoms with van der Waals surface area (Å²) in [6.07, 6.45) is -0.486. The molecule has 1 saturated heterocycles. The minimum Gasteiger partial charge on any atom is -0.389 e. The first-order chi connectivity index (χ1) is 7.20. The number of nitrogens with zero attached hydrogens (tertiary/aromatic N) is 1. The number of nitrogens with one attached hydrogen (secondary N) is 1. The van der Waals surface area contributed by atoms with Crippen LogP contribution < -0.4 is 4.90 Å². The maximum Gasteiger partial charge on any atom is 0.160 e. The summed E-state index contributed by atoms with van der Waals surface area (Å²) in [6, 6.07) is 7.73. The van der Waals surface area contributed by atoms with E-state index in [1.165, 1.54) is 0 Å². The number of benzene rings is 1. The van der Waals surface area contributed by atoms with Crippen molar-refractivity contribution in [2.75, 3.05) is 17.2 Å². The van der Waals surface area contributed by atoms with Crippen molar-refractivity contribution in [1.29, 1.82) is 5.41 Å². The summed E-state index contributed by atoms with van der Waals surface area (Å²) < 4.78 is 0. The molecule has 0 bridgehead atoms. The van der Waals surface area contributed by atoms with Crippen molar-refractivity contribution in [3.05, 3.63) is 29.8 Å². The smallest absolute Gasteiger partial charge is 0.160 e.